The van der Waals surface area contributed by atoms with Gasteiger partial charge in [0.15, 0.2) is 0 Å². The molecule has 0 unspecified atom stereocenters. The number of rotatable bonds is 5. The molecule has 3 nitrogen and oxygen atoms in total. The van der Waals surface area contributed by atoms with E-state index in [1.165, 1.54) is 7.11 Å². The Bertz CT molecular complexity index is 427. The van der Waals surface area contributed by atoms with Crippen molar-refractivity contribution in [3.63, 3.8) is 0 Å². The molecule has 1 saturated carbocycles. The van der Waals surface area contributed by atoms with Crippen LogP contribution in [0.3, 0.4) is 0 Å². The van der Waals surface area contributed by atoms with Gasteiger partial charge in [0.1, 0.15) is 11.4 Å². The van der Waals surface area contributed by atoms with E-state index >= 15 is 0 Å². The predicted octanol–water partition coefficient (Wildman–Crippen LogP) is 3.27. The number of para-hydroxylation sites is 1. The first kappa shape index (κ1) is 13.3. The van der Waals surface area contributed by atoms with E-state index < -0.39 is 0 Å². The van der Waals surface area contributed by atoms with Crippen molar-refractivity contribution in [2.45, 2.75) is 36.2 Å². The fraction of sp³-hybridized carbons (Fsp3) is 0.500. The van der Waals surface area contributed by atoms with Crippen molar-refractivity contribution >= 4 is 17.7 Å². The standard InChI is InChI=1S/C14H18O3S/c1-16-13(15)10-14(8-5-9-14)17-11-6-3-4-7-12(11)18-2/h3-4,6-7H,5,8-10H2,1-2H3. The number of hydrogen-bond acceptors (Lipinski definition) is 4. The van der Waals surface area contributed by atoms with Gasteiger partial charge in [-0.25, -0.2) is 0 Å². The number of methoxy groups -OCH3 is 1. The average molecular weight is 266 g/mol. The van der Waals surface area contributed by atoms with E-state index in [2.05, 4.69) is 0 Å². The lowest BCUT2D eigenvalue weighted by molar-refractivity contribution is -0.148. The Labute approximate surface area is 112 Å². The van der Waals surface area contributed by atoms with Crippen molar-refractivity contribution in [3.8, 4) is 5.75 Å². The van der Waals surface area contributed by atoms with Gasteiger partial charge in [0.05, 0.1) is 13.5 Å². The minimum atomic E-state index is -0.348. The highest BCUT2D eigenvalue weighted by molar-refractivity contribution is 7.98. The van der Waals surface area contributed by atoms with Crippen molar-refractivity contribution in [1.82, 2.24) is 0 Å². The molecule has 18 heavy (non-hydrogen) atoms. The van der Waals surface area contributed by atoms with Crippen LogP contribution in [0.25, 0.3) is 0 Å². The van der Waals surface area contributed by atoms with Crippen LogP contribution in [0.5, 0.6) is 5.75 Å². The third-order valence-corrected chi connectivity index (χ3v) is 4.13. The van der Waals surface area contributed by atoms with Gasteiger partial charge >= 0.3 is 5.97 Å². The van der Waals surface area contributed by atoms with Gasteiger partial charge < -0.3 is 9.47 Å². The summed E-state index contributed by atoms with van der Waals surface area (Å²) in [5, 5.41) is 0. The quantitative estimate of drug-likeness (QED) is 0.605. The maximum Gasteiger partial charge on any atom is 0.309 e. The van der Waals surface area contributed by atoms with Crippen LogP contribution in [0, 0.1) is 0 Å². The molecule has 0 aliphatic heterocycles. The minimum absolute atomic E-state index is 0.198. The molecule has 4 heteroatoms. The number of benzene rings is 1. The normalized spacial score (nSPS) is 16.8. The second kappa shape index (κ2) is 5.65. The maximum atomic E-state index is 11.5. The number of thioether (sulfide) groups is 1. The second-order valence-corrected chi connectivity index (χ2v) is 5.39. The monoisotopic (exact) mass is 266 g/mol. The Morgan fingerprint density at radius 1 is 1.39 bits per heavy atom. The molecule has 1 aromatic rings. The number of esters is 1. The lowest BCUT2D eigenvalue weighted by Gasteiger charge is -2.41. The average Bonchev–Trinajstić information content (AvgIpc) is 2.36. The van der Waals surface area contributed by atoms with E-state index in [0.717, 1.165) is 29.9 Å². The fourth-order valence-corrected chi connectivity index (χ4v) is 2.68. The first-order valence-corrected chi connectivity index (χ1v) is 7.30. The SMILES string of the molecule is COC(=O)CC1(Oc2ccccc2SC)CCC1. The van der Waals surface area contributed by atoms with Crippen molar-refractivity contribution in [1.29, 1.82) is 0 Å². The summed E-state index contributed by atoms with van der Waals surface area (Å²) in [5.41, 5.74) is -0.348. The summed E-state index contributed by atoms with van der Waals surface area (Å²) in [6, 6.07) is 7.94. The number of carbonyl (C=O) groups excluding carboxylic acids is 1. The first-order valence-electron chi connectivity index (χ1n) is 6.08. The largest absolute Gasteiger partial charge is 0.486 e. The fourth-order valence-electron chi connectivity index (χ4n) is 2.16. The molecule has 0 spiro atoms. The van der Waals surface area contributed by atoms with E-state index in [9.17, 15) is 4.79 Å². The summed E-state index contributed by atoms with van der Waals surface area (Å²) in [6.45, 7) is 0. The molecule has 0 heterocycles. The van der Waals surface area contributed by atoms with Crippen molar-refractivity contribution < 1.29 is 14.3 Å². The Hall–Kier alpha value is -1.16. The van der Waals surface area contributed by atoms with Gasteiger partial charge in [-0.1, -0.05) is 12.1 Å². The van der Waals surface area contributed by atoms with Crippen LogP contribution >= 0.6 is 11.8 Å². The lowest BCUT2D eigenvalue weighted by Crippen LogP contribution is -2.45. The van der Waals surface area contributed by atoms with Gasteiger partial charge in [0.25, 0.3) is 0 Å². The summed E-state index contributed by atoms with van der Waals surface area (Å²) < 4.78 is 10.9. The summed E-state index contributed by atoms with van der Waals surface area (Å²) in [7, 11) is 1.42. The zero-order valence-corrected chi connectivity index (χ0v) is 11.6. The van der Waals surface area contributed by atoms with E-state index in [0.29, 0.717) is 6.42 Å². The van der Waals surface area contributed by atoms with Crippen molar-refractivity contribution in [2.24, 2.45) is 0 Å². The maximum absolute atomic E-state index is 11.5. The second-order valence-electron chi connectivity index (χ2n) is 4.54. The third kappa shape index (κ3) is 2.80. The Morgan fingerprint density at radius 2 is 2.11 bits per heavy atom. The summed E-state index contributed by atoms with van der Waals surface area (Å²) in [4.78, 5) is 12.6. The van der Waals surface area contributed by atoms with E-state index in [1.807, 2.05) is 30.5 Å². The van der Waals surface area contributed by atoms with Gasteiger partial charge in [0.2, 0.25) is 0 Å². The van der Waals surface area contributed by atoms with Crippen LogP contribution in [0.4, 0.5) is 0 Å². The molecule has 1 fully saturated rings. The molecule has 1 aliphatic carbocycles. The summed E-state index contributed by atoms with van der Waals surface area (Å²) >= 11 is 1.65. The smallest absolute Gasteiger partial charge is 0.309 e. The Kier molecular flexibility index (Phi) is 4.17. The Balaban J connectivity index is 2.12. The molecule has 0 aromatic heterocycles. The van der Waals surface area contributed by atoms with E-state index in [4.69, 9.17) is 9.47 Å². The topological polar surface area (TPSA) is 35.5 Å². The van der Waals surface area contributed by atoms with E-state index in [-0.39, 0.29) is 11.6 Å². The third-order valence-electron chi connectivity index (χ3n) is 3.35. The molecule has 1 aliphatic rings. The van der Waals surface area contributed by atoms with Gasteiger partial charge in [0, 0.05) is 4.90 Å². The van der Waals surface area contributed by atoms with Crippen LogP contribution < -0.4 is 4.74 Å². The molecule has 98 valence electrons. The number of hydrogen-bond donors (Lipinski definition) is 0. The minimum Gasteiger partial charge on any atom is -0.486 e. The van der Waals surface area contributed by atoms with E-state index in [1.54, 1.807) is 11.8 Å². The molecule has 0 N–H and O–H groups in total. The zero-order valence-electron chi connectivity index (χ0n) is 10.8. The van der Waals surface area contributed by atoms with Crippen molar-refractivity contribution in [2.75, 3.05) is 13.4 Å². The first-order chi connectivity index (χ1) is 8.69. The number of carbonyl (C=O) groups is 1. The predicted molar refractivity (Wildman–Crippen MR) is 72.1 cm³/mol. The van der Waals surface area contributed by atoms with Crippen LogP contribution in [-0.4, -0.2) is 24.9 Å². The highest BCUT2D eigenvalue weighted by atomic mass is 32.2. The van der Waals surface area contributed by atoms with Gasteiger partial charge in [-0.3, -0.25) is 4.79 Å². The van der Waals surface area contributed by atoms with Crippen LogP contribution in [-0.2, 0) is 9.53 Å². The van der Waals surface area contributed by atoms with Crippen LogP contribution in [0.1, 0.15) is 25.7 Å². The highest BCUT2D eigenvalue weighted by Crippen LogP contribution is 2.41. The molecule has 0 bridgehead atoms. The molecule has 0 radical (unpaired) electrons. The lowest BCUT2D eigenvalue weighted by atomic mass is 9.77. The molecule has 0 atom stereocenters. The molecular formula is C14H18O3S. The molecule has 0 saturated heterocycles. The molecule has 0 amide bonds. The van der Waals surface area contributed by atoms with Crippen LogP contribution in [0.15, 0.2) is 29.2 Å². The Morgan fingerprint density at radius 3 is 2.67 bits per heavy atom. The molecule has 1 aromatic carbocycles. The van der Waals surface area contributed by atoms with Crippen LogP contribution in [0.2, 0.25) is 0 Å². The van der Waals surface area contributed by atoms with Gasteiger partial charge in [-0.05, 0) is 37.7 Å². The zero-order chi connectivity index (χ0) is 13.0. The van der Waals surface area contributed by atoms with Gasteiger partial charge in [-0.15, -0.1) is 11.8 Å². The summed E-state index contributed by atoms with van der Waals surface area (Å²) in [6.07, 6.45) is 5.32. The highest BCUT2D eigenvalue weighted by Gasteiger charge is 2.42. The molecular weight excluding hydrogens is 248 g/mol. The van der Waals surface area contributed by atoms with Gasteiger partial charge in [-0.2, -0.15) is 0 Å². The summed E-state index contributed by atoms with van der Waals surface area (Å²) in [5.74, 6) is 0.671. The number of ether oxygens (including phenoxy) is 2. The molecule has 2 rings (SSSR count). The van der Waals surface area contributed by atoms with Crippen molar-refractivity contribution in [3.05, 3.63) is 24.3 Å².